The Labute approximate surface area is 237 Å². The van der Waals surface area contributed by atoms with Crippen molar-refractivity contribution in [1.29, 1.82) is 5.41 Å². The Morgan fingerprint density at radius 3 is 2.31 bits per heavy atom. The van der Waals surface area contributed by atoms with Crippen LogP contribution in [0.5, 0.6) is 0 Å². The Balaban J connectivity index is 1.44. The van der Waals surface area contributed by atoms with E-state index < -0.39 is 16.0 Å². The van der Waals surface area contributed by atoms with Crippen molar-refractivity contribution in [3.8, 4) is 0 Å². The van der Waals surface area contributed by atoms with Crippen LogP contribution in [0.15, 0.2) is 0 Å². The molecule has 4 aliphatic carbocycles. The van der Waals surface area contributed by atoms with Crippen LogP contribution in [0, 0.1) is 57.7 Å². The lowest BCUT2D eigenvalue weighted by Crippen LogP contribution is -2.62. The summed E-state index contributed by atoms with van der Waals surface area (Å²) in [5.74, 6) is 2.71. The van der Waals surface area contributed by atoms with Crippen LogP contribution >= 0.6 is 0 Å². The van der Waals surface area contributed by atoms with Crippen LogP contribution in [0.2, 0.25) is 0 Å². The lowest BCUT2D eigenvalue weighted by atomic mass is 9.41. The molecule has 4 rings (SSSR count). The maximum Gasteiger partial charge on any atom is 0.400 e. The minimum absolute atomic E-state index is 0.0756. The van der Waals surface area contributed by atoms with Crippen molar-refractivity contribution >= 4 is 16.1 Å². The van der Waals surface area contributed by atoms with Gasteiger partial charge in [0, 0.05) is 5.71 Å². The first-order valence-corrected chi connectivity index (χ1v) is 17.0. The fourth-order valence-electron chi connectivity index (χ4n) is 10.1. The van der Waals surface area contributed by atoms with E-state index in [1.807, 2.05) is 0 Å². The highest BCUT2D eigenvalue weighted by molar-refractivity contribution is 7.81. The van der Waals surface area contributed by atoms with Gasteiger partial charge in [-0.1, -0.05) is 41.0 Å². The Hall–Kier alpha value is -0.540. The number of fused-ring (bicyclic) bond motifs is 5. The molecule has 6 unspecified atom stereocenters. The fourth-order valence-corrected chi connectivity index (χ4v) is 11.1. The van der Waals surface area contributed by atoms with Crippen LogP contribution < -0.4 is 0 Å². The third kappa shape index (κ3) is 5.51. The maximum absolute atomic E-state index is 12.5. The molecule has 0 aromatic heterocycles. The summed E-state index contributed by atoms with van der Waals surface area (Å²) in [4.78, 5) is 0. The minimum Gasteiger partial charge on any atom is -0.393 e. The van der Waals surface area contributed by atoms with E-state index in [0.717, 1.165) is 51.4 Å². The molecule has 4 saturated carbocycles. The van der Waals surface area contributed by atoms with Crippen LogP contribution in [0.25, 0.3) is 0 Å². The lowest BCUT2D eigenvalue weighted by molar-refractivity contribution is -0.203. The molecule has 0 aromatic carbocycles. The number of rotatable bonds is 10. The van der Waals surface area contributed by atoms with E-state index in [0.29, 0.717) is 48.3 Å². The van der Waals surface area contributed by atoms with Gasteiger partial charge in [-0.05, 0) is 124 Å². The van der Waals surface area contributed by atoms with Crippen molar-refractivity contribution in [2.75, 3.05) is 6.61 Å². The molecule has 8 heteroatoms. The molecule has 4 aliphatic rings. The van der Waals surface area contributed by atoms with Crippen LogP contribution in [0.1, 0.15) is 113 Å². The summed E-state index contributed by atoms with van der Waals surface area (Å²) >= 11 is 0. The average molecular weight is 570 g/mol. The number of hydrogen-bond acceptors (Lipinski definition) is 7. The van der Waals surface area contributed by atoms with Gasteiger partial charge >= 0.3 is 10.4 Å². The van der Waals surface area contributed by atoms with E-state index in [4.69, 9.17) is 13.8 Å². The third-order valence-electron chi connectivity index (χ3n) is 12.7. The molecular formula is C31H55NO6S. The average Bonchev–Trinajstić information content (AvgIpc) is 3.22. The highest BCUT2D eigenvalue weighted by Gasteiger charge is 2.64. The predicted molar refractivity (Wildman–Crippen MR) is 154 cm³/mol. The number of hydrogen-bond donors (Lipinski definition) is 3. The standard InChI is InChI=1S/C31H55NO6S/c1-8-22-26-18-21(33)12-15-30(26,6)25-13-16-29(5)23(10-11-24(29)27(25)28(22)34)19(3)14-17-37-39(35,36)38-31(7,9-2)20(4)32/h19,21-28,32-34H,8-18H2,1-7H3/t19-,21-,22-,23?,24?,25?,26?,27?,28-,29-,30-,31?/m1/s1. The summed E-state index contributed by atoms with van der Waals surface area (Å²) in [5.41, 5.74) is -0.701. The zero-order valence-electron chi connectivity index (χ0n) is 25.4. The molecule has 4 fully saturated rings. The van der Waals surface area contributed by atoms with Crippen LogP contribution in [-0.4, -0.2) is 48.8 Å². The van der Waals surface area contributed by atoms with Gasteiger partial charge in [0.2, 0.25) is 0 Å². The molecule has 0 bridgehead atoms. The number of aliphatic hydroxyl groups is 2. The minimum atomic E-state index is -4.20. The Kier molecular flexibility index (Phi) is 9.08. The molecule has 0 amide bonds. The van der Waals surface area contributed by atoms with Crippen LogP contribution in [0.3, 0.4) is 0 Å². The Morgan fingerprint density at radius 2 is 1.69 bits per heavy atom. The highest BCUT2D eigenvalue weighted by Crippen LogP contribution is 2.69. The lowest BCUT2D eigenvalue weighted by Gasteiger charge is -2.64. The van der Waals surface area contributed by atoms with Gasteiger partial charge in [-0.2, -0.15) is 8.42 Å². The quantitative estimate of drug-likeness (QED) is 0.273. The molecule has 0 radical (unpaired) electrons. The van der Waals surface area contributed by atoms with Crippen molar-refractivity contribution in [3.05, 3.63) is 0 Å². The zero-order valence-corrected chi connectivity index (χ0v) is 26.2. The summed E-state index contributed by atoms with van der Waals surface area (Å²) in [5, 5.41) is 30.3. The molecule has 39 heavy (non-hydrogen) atoms. The van der Waals surface area contributed by atoms with E-state index in [9.17, 15) is 18.6 Å². The summed E-state index contributed by atoms with van der Waals surface area (Å²) in [6.07, 6.45) is 8.73. The van der Waals surface area contributed by atoms with Crippen molar-refractivity contribution in [3.63, 3.8) is 0 Å². The molecule has 12 atom stereocenters. The highest BCUT2D eigenvalue weighted by atomic mass is 32.3. The predicted octanol–water partition coefficient (Wildman–Crippen LogP) is 6.13. The van der Waals surface area contributed by atoms with Gasteiger partial charge in [-0.15, -0.1) is 0 Å². The van der Waals surface area contributed by atoms with E-state index in [1.54, 1.807) is 20.8 Å². The Bertz CT molecular complexity index is 1000. The smallest absolute Gasteiger partial charge is 0.393 e. The first-order chi connectivity index (χ1) is 18.1. The van der Waals surface area contributed by atoms with Gasteiger partial charge in [0.15, 0.2) is 0 Å². The normalized spacial score (nSPS) is 44.5. The van der Waals surface area contributed by atoms with Gasteiger partial charge in [0.1, 0.15) is 5.60 Å². The van der Waals surface area contributed by atoms with Gasteiger partial charge in [0.25, 0.3) is 0 Å². The molecule has 0 heterocycles. The second-order valence-electron chi connectivity index (χ2n) is 14.4. The summed E-state index contributed by atoms with van der Waals surface area (Å²) in [6, 6.07) is 0. The topological polar surface area (TPSA) is 117 Å². The van der Waals surface area contributed by atoms with Gasteiger partial charge in [-0.25, -0.2) is 8.37 Å². The van der Waals surface area contributed by atoms with Crippen LogP contribution in [0.4, 0.5) is 0 Å². The summed E-state index contributed by atoms with van der Waals surface area (Å²) in [6.45, 7) is 14.4. The summed E-state index contributed by atoms with van der Waals surface area (Å²) < 4.78 is 35.6. The SMILES string of the molecule is CC[C@@H]1C2C[C@H](O)CC[C@]2(C)C2CC[C@@]3(C)C(CCC3[C@H](C)CCOS(=O)(=O)OC(C)(CC)C(C)=N)C2[C@@H]1O. The first kappa shape index (κ1) is 31.4. The van der Waals surface area contributed by atoms with Gasteiger partial charge < -0.3 is 15.6 Å². The monoisotopic (exact) mass is 569 g/mol. The van der Waals surface area contributed by atoms with E-state index in [1.165, 1.54) is 0 Å². The fraction of sp³-hybridized carbons (Fsp3) is 0.968. The molecule has 7 nitrogen and oxygen atoms in total. The van der Waals surface area contributed by atoms with Crippen LogP contribution in [-0.2, 0) is 18.8 Å². The molecule has 226 valence electrons. The van der Waals surface area contributed by atoms with Crippen molar-refractivity contribution in [2.45, 2.75) is 130 Å². The first-order valence-electron chi connectivity index (χ1n) is 15.6. The Morgan fingerprint density at radius 1 is 1.05 bits per heavy atom. The van der Waals surface area contributed by atoms with E-state index in [-0.39, 0.29) is 41.3 Å². The van der Waals surface area contributed by atoms with Crippen molar-refractivity contribution in [2.24, 2.45) is 52.3 Å². The number of nitrogens with one attached hydrogen (secondary N) is 1. The van der Waals surface area contributed by atoms with E-state index in [2.05, 4.69) is 27.7 Å². The molecule has 0 aromatic rings. The third-order valence-corrected chi connectivity index (χ3v) is 13.7. The maximum atomic E-state index is 12.5. The van der Waals surface area contributed by atoms with Crippen molar-refractivity contribution in [1.82, 2.24) is 0 Å². The zero-order chi connectivity index (χ0) is 29.0. The second-order valence-corrected chi connectivity index (χ2v) is 15.6. The van der Waals surface area contributed by atoms with Gasteiger partial charge in [0.05, 0.1) is 18.8 Å². The number of aliphatic hydroxyl groups excluding tert-OH is 2. The van der Waals surface area contributed by atoms with Crippen molar-refractivity contribution < 1.29 is 27.0 Å². The molecule has 0 saturated heterocycles. The molecule has 0 spiro atoms. The molecule has 3 N–H and O–H groups in total. The largest absolute Gasteiger partial charge is 0.400 e. The van der Waals surface area contributed by atoms with E-state index >= 15 is 0 Å². The second kappa shape index (κ2) is 11.3. The molecular weight excluding hydrogens is 514 g/mol. The summed E-state index contributed by atoms with van der Waals surface area (Å²) in [7, 11) is -4.20. The van der Waals surface area contributed by atoms with Gasteiger partial charge in [-0.3, -0.25) is 0 Å². The molecule has 0 aliphatic heterocycles.